The van der Waals surface area contributed by atoms with E-state index in [2.05, 4.69) is 5.32 Å². The van der Waals surface area contributed by atoms with Gasteiger partial charge < -0.3 is 20.1 Å². The first kappa shape index (κ1) is 16.6. The van der Waals surface area contributed by atoms with Crippen LogP contribution < -0.4 is 10.1 Å². The number of benzene rings is 1. The molecular formula is C14H21ClN2O3. The maximum Gasteiger partial charge on any atom is 0.239 e. The number of methoxy groups -OCH3 is 1. The fourth-order valence-corrected chi connectivity index (χ4v) is 1.99. The number of nitrogens with one attached hydrogen (secondary N) is 1. The summed E-state index contributed by atoms with van der Waals surface area (Å²) in [4.78, 5) is 13.6. The summed E-state index contributed by atoms with van der Waals surface area (Å²) >= 11 is 5.96. The van der Waals surface area contributed by atoms with Gasteiger partial charge in [-0.05, 0) is 19.9 Å². The second-order valence-electron chi connectivity index (χ2n) is 4.57. The molecule has 1 amide bonds. The lowest BCUT2D eigenvalue weighted by Gasteiger charge is -2.21. The molecule has 0 bridgehead atoms. The maximum absolute atomic E-state index is 11.9. The summed E-state index contributed by atoms with van der Waals surface area (Å²) in [5.74, 6) is 0.354. The van der Waals surface area contributed by atoms with E-state index in [1.165, 1.54) is 7.11 Å². The Bertz CT molecular complexity index is 480. The molecule has 0 spiro atoms. The van der Waals surface area contributed by atoms with Crippen LogP contribution in [0.15, 0.2) is 12.1 Å². The van der Waals surface area contributed by atoms with Gasteiger partial charge in [0.2, 0.25) is 5.91 Å². The zero-order chi connectivity index (χ0) is 15.3. The molecule has 1 atom stereocenters. The van der Waals surface area contributed by atoms with Gasteiger partial charge >= 0.3 is 0 Å². The van der Waals surface area contributed by atoms with Crippen molar-refractivity contribution in [2.45, 2.75) is 26.4 Å². The number of rotatable bonds is 6. The number of phenolic OH excluding ortho intramolecular Hbond substituents is 1. The largest absolute Gasteiger partial charge is 0.504 e. The van der Waals surface area contributed by atoms with E-state index in [0.29, 0.717) is 29.4 Å². The molecule has 6 heteroatoms. The number of amides is 1. The second-order valence-corrected chi connectivity index (χ2v) is 5.01. The lowest BCUT2D eigenvalue weighted by atomic mass is 10.1. The van der Waals surface area contributed by atoms with Crippen LogP contribution in [0.2, 0.25) is 5.02 Å². The molecule has 20 heavy (non-hydrogen) atoms. The molecule has 0 heterocycles. The van der Waals surface area contributed by atoms with Crippen LogP contribution in [0.1, 0.15) is 19.4 Å². The van der Waals surface area contributed by atoms with Crippen LogP contribution in [0, 0.1) is 0 Å². The molecule has 112 valence electrons. The number of carbonyl (C=O) groups is 1. The highest BCUT2D eigenvalue weighted by atomic mass is 35.5. The Hall–Kier alpha value is -1.46. The molecule has 0 aliphatic heterocycles. The molecule has 2 N–H and O–H groups in total. The second kappa shape index (κ2) is 7.36. The number of aromatic hydroxyl groups is 1. The Morgan fingerprint density at radius 3 is 2.75 bits per heavy atom. The normalized spacial score (nSPS) is 12.1. The Kier molecular flexibility index (Phi) is 6.10. The average Bonchev–Trinajstić information content (AvgIpc) is 2.45. The van der Waals surface area contributed by atoms with Gasteiger partial charge in [-0.1, -0.05) is 11.6 Å². The van der Waals surface area contributed by atoms with E-state index in [0.717, 1.165) is 0 Å². The van der Waals surface area contributed by atoms with E-state index in [1.807, 2.05) is 6.92 Å². The van der Waals surface area contributed by atoms with Crippen molar-refractivity contribution in [3.8, 4) is 11.5 Å². The summed E-state index contributed by atoms with van der Waals surface area (Å²) in [6, 6.07) is 2.84. The van der Waals surface area contributed by atoms with Gasteiger partial charge in [0.05, 0.1) is 13.2 Å². The fourth-order valence-electron chi connectivity index (χ4n) is 1.76. The van der Waals surface area contributed by atoms with Gasteiger partial charge in [-0.25, -0.2) is 0 Å². The van der Waals surface area contributed by atoms with Gasteiger partial charge in [-0.3, -0.25) is 4.79 Å². The van der Waals surface area contributed by atoms with Crippen LogP contribution >= 0.6 is 11.6 Å². The third kappa shape index (κ3) is 4.02. The zero-order valence-corrected chi connectivity index (χ0v) is 13.0. The number of ether oxygens (including phenoxy) is 1. The van der Waals surface area contributed by atoms with E-state index in [9.17, 15) is 9.90 Å². The Balaban J connectivity index is 2.75. The molecular weight excluding hydrogens is 280 g/mol. The molecule has 0 saturated carbocycles. The first-order valence-corrected chi connectivity index (χ1v) is 6.82. The number of phenols is 1. The minimum Gasteiger partial charge on any atom is -0.504 e. The number of halogens is 1. The molecule has 0 aromatic heterocycles. The molecule has 0 radical (unpaired) electrons. The third-order valence-electron chi connectivity index (χ3n) is 3.16. The van der Waals surface area contributed by atoms with Crippen LogP contribution in [-0.2, 0) is 11.3 Å². The summed E-state index contributed by atoms with van der Waals surface area (Å²) in [7, 11) is 3.21. The maximum atomic E-state index is 11.9. The van der Waals surface area contributed by atoms with E-state index < -0.39 is 0 Å². The van der Waals surface area contributed by atoms with Crippen molar-refractivity contribution >= 4 is 17.5 Å². The molecule has 0 saturated heterocycles. The van der Waals surface area contributed by atoms with Crippen LogP contribution in [0.25, 0.3) is 0 Å². The van der Waals surface area contributed by atoms with Crippen LogP contribution in [0.5, 0.6) is 11.5 Å². The lowest BCUT2D eigenvalue weighted by molar-refractivity contribution is -0.131. The SMILES string of the molecule is CCN(C)C(=O)C(C)NCc1cc(Cl)cc(OC)c1O. The number of hydrogen-bond donors (Lipinski definition) is 2. The molecule has 1 aromatic rings. The summed E-state index contributed by atoms with van der Waals surface area (Å²) in [6.07, 6.45) is 0. The van der Waals surface area contributed by atoms with Gasteiger partial charge in [0.1, 0.15) is 0 Å². The van der Waals surface area contributed by atoms with Crippen LogP contribution in [0.4, 0.5) is 0 Å². The predicted octanol–water partition coefficient (Wildman–Crippen LogP) is 2.01. The van der Waals surface area contributed by atoms with Gasteiger partial charge in [0.25, 0.3) is 0 Å². The van der Waals surface area contributed by atoms with Crippen molar-refractivity contribution < 1.29 is 14.6 Å². The lowest BCUT2D eigenvalue weighted by Crippen LogP contribution is -2.42. The fraction of sp³-hybridized carbons (Fsp3) is 0.500. The zero-order valence-electron chi connectivity index (χ0n) is 12.2. The molecule has 0 fully saturated rings. The number of hydrogen-bond acceptors (Lipinski definition) is 4. The third-order valence-corrected chi connectivity index (χ3v) is 3.38. The quantitative estimate of drug-likeness (QED) is 0.844. The summed E-state index contributed by atoms with van der Waals surface area (Å²) in [5.41, 5.74) is 0.591. The molecule has 0 aliphatic rings. The summed E-state index contributed by atoms with van der Waals surface area (Å²) in [5, 5.41) is 13.5. The minimum atomic E-state index is -0.343. The molecule has 0 aliphatic carbocycles. The van der Waals surface area contributed by atoms with Gasteiger partial charge in [-0.15, -0.1) is 0 Å². The Morgan fingerprint density at radius 1 is 1.55 bits per heavy atom. The number of nitrogens with zero attached hydrogens (tertiary/aromatic N) is 1. The topological polar surface area (TPSA) is 61.8 Å². The summed E-state index contributed by atoms with van der Waals surface area (Å²) in [6.45, 7) is 4.68. The highest BCUT2D eigenvalue weighted by Crippen LogP contribution is 2.33. The van der Waals surface area contributed by atoms with E-state index in [4.69, 9.17) is 16.3 Å². The van der Waals surface area contributed by atoms with Crippen molar-refractivity contribution in [3.63, 3.8) is 0 Å². The standard InChI is InChI=1S/C14H21ClN2O3/c1-5-17(3)14(19)9(2)16-8-10-6-11(15)7-12(20-4)13(10)18/h6-7,9,16,18H,5,8H2,1-4H3. The monoisotopic (exact) mass is 300 g/mol. The van der Waals surface area contributed by atoms with Gasteiger partial charge in [-0.2, -0.15) is 0 Å². The average molecular weight is 301 g/mol. The van der Waals surface area contributed by atoms with Crippen LogP contribution in [-0.4, -0.2) is 42.7 Å². The predicted molar refractivity (Wildman–Crippen MR) is 79.3 cm³/mol. The van der Waals surface area contributed by atoms with Crippen molar-refractivity contribution in [2.75, 3.05) is 20.7 Å². The van der Waals surface area contributed by atoms with Crippen molar-refractivity contribution in [1.82, 2.24) is 10.2 Å². The van der Waals surface area contributed by atoms with E-state index in [-0.39, 0.29) is 17.7 Å². The Labute approximate surface area is 124 Å². The van der Waals surface area contributed by atoms with Crippen molar-refractivity contribution in [2.24, 2.45) is 0 Å². The highest BCUT2D eigenvalue weighted by Gasteiger charge is 2.17. The van der Waals surface area contributed by atoms with Crippen molar-refractivity contribution in [3.05, 3.63) is 22.7 Å². The van der Waals surface area contributed by atoms with Crippen molar-refractivity contribution in [1.29, 1.82) is 0 Å². The molecule has 1 unspecified atom stereocenters. The highest BCUT2D eigenvalue weighted by molar-refractivity contribution is 6.30. The van der Waals surface area contributed by atoms with E-state index >= 15 is 0 Å². The smallest absolute Gasteiger partial charge is 0.239 e. The van der Waals surface area contributed by atoms with Crippen LogP contribution in [0.3, 0.4) is 0 Å². The summed E-state index contributed by atoms with van der Waals surface area (Å²) < 4.78 is 5.04. The molecule has 5 nitrogen and oxygen atoms in total. The first-order valence-electron chi connectivity index (χ1n) is 6.44. The molecule has 1 rings (SSSR count). The van der Waals surface area contributed by atoms with Gasteiger partial charge in [0, 0.05) is 36.8 Å². The van der Waals surface area contributed by atoms with Gasteiger partial charge in [0.15, 0.2) is 11.5 Å². The Morgan fingerprint density at radius 2 is 2.20 bits per heavy atom. The number of carbonyl (C=O) groups excluding carboxylic acids is 1. The van der Waals surface area contributed by atoms with E-state index in [1.54, 1.807) is 31.0 Å². The molecule has 1 aromatic carbocycles. The first-order chi connectivity index (χ1) is 9.40. The number of likely N-dealkylation sites (N-methyl/N-ethyl adjacent to an activating group) is 1. The minimum absolute atomic E-state index is 0.000910.